The summed E-state index contributed by atoms with van der Waals surface area (Å²) < 4.78 is 10.4. The van der Waals surface area contributed by atoms with Crippen molar-refractivity contribution in [2.24, 2.45) is 0 Å². The van der Waals surface area contributed by atoms with Crippen LogP contribution in [0.5, 0.6) is 11.5 Å². The molecule has 1 aliphatic heterocycles. The van der Waals surface area contributed by atoms with Crippen molar-refractivity contribution in [1.82, 2.24) is 4.98 Å². The predicted octanol–water partition coefficient (Wildman–Crippen LogP) is 4.63. The average Bonchev–Trinajstić information content (AvgIpc) is 3.06. The van der Waals surface area contributed by atoms with Crippen molar-refractivity contribution < 1.29 is 9.47 Å². The number of hydrogen-bond acceptors (Lipinski definition) is 4. The number of thiazole rings is 1. The van der Waals surface area contributed by atoms with Crippen LogP contribution >= 0.6 is 11.3 Å². The Morgan fingerprint density at radius 2 is 1.90 bits per heavy atom. The zero-order valence-corrected chi connectivity index (χ0v) is 12.4. The van der Waals surface area contributed by atoms with Gasteiger partial charge in [0.1, 0.15) is 0 Å². The molecule has 2 heterocycles. The lowest BCUT2D eigenvalue weighted by Crippen LogP contribution is -1.92. The van der Waals surface area contributed by atoms with Crippen molar-refractivity contribution in [3.05, 3.63) is 39.8 Å². The van der Waals surface area contributed by atoms with Crippen LogP contribution in [0.2, 0.25) is 0 Å². The van der Waals surface area contributed by atoms with Crippen LogP contribution in [0, 0.1) is 6.92 Å². The molecule has 0 saturated heterocycles. The molecule has 2 aromatic rings. The van der Waals surface area contributed by atoms with Gasteiger partial charge in [0.2, 0.25) is 6.79 Å². The molecule has 1 aromatic carbocycles. The Bertz CT molecular complexity index is 537. The van der Waals surface area contributed by atoms with Crippen LogP contribution in [0.3, 0.4) is 0 Å². The zero-order valence-electron chi connectivity index (χ0n) is 11.6. The van der Waals surface area contributed by atoms with Gasteiger partial charge in [0.15, 0.2) is 11.5 Å². The summed E-state index contributed by atoms with van der Waals surface area (Å²) in [6, 6.07) is 6.05. The summed E-state index contributed by atoms with van der Waals surface area (Å²) in [5, 5.41) is 3.27. The Labute approximate surface area is 125 Å². The maximum Gasteiger partial charge on any atom is 0.231 e. The number of fused-ring (bicyclic) bond motifs is 1. The van der Waals surface area contributed by atoms with Crippen LogP contribution in [0.4, 0.5) is 0 Å². The fraction of sp³-hybridized carbons (Fsp3) is 0.438. The second kappa shape index (κ2) is 7.90. The summed E-state index contributed by atoms with van der Waals surface area (Å²) in [6.45, 7) is 6.64. The van der Waals surface area contributed by atoms with Crippen molar-refractivity contribution >= 4 is 11.3 Å². The normalized spacial score (nSPS) is 11.3. The fourth-order valence-corrected chi connectivity index (χ4v) is 2.43. The SMILES string of the molecule is C.CCc1ccc2c(c1)OCO2.CCc1csc(C)n1. The van der Waals surface area contributed by atoms with E-state index in [-0.39, 0.29) is 7.43 Å². The molecule has 4 heteroatoms. The molecular weight excluding hydrogens is 270 g/mol. The molecule has 0 atom stereocenters. The quantitative estimate of drug-likeness (QED) is 0.809. The molecule has 3 nitrogen and oxygen atoms in total. The van der Waals surface area contributed by atoms with Crippen molar-refractivity contribution in [3.63, 3.8) is 0 Å². The Morgan fingerprint density at radius 1 is 1.15 bits per heavy atom. The molecule has 0 amide bonds. The van der Waals surface area contributed by atoms with E-state index in [0.717, 1.165) is 24.3 Å². The van der Waals surface area contributed by atoms with E-state index in [1.165, 1.54) is 16.3 Å². The van der Waals surface area contributed by atoms with E-state index in [9.17, 15) is 0 Å². The largest absolute Gasteiger partial charge is 0.454 e. The monoisotopic (exact) mass is 293 g/mol. The Kier molecular flexibility index (Phi) is 6.52. The number of aromatic nitrogens is 1. The standard InChI is InChI=1S/C9H10O2.C6H9NS.CH4/c1-2-7-3-4-8-9(5-7)11-6-10-8;1-3-6-4-8-5(2)7-6;/h3-5H,2,6H2,1H3;4H,3H2,1-2H3;1H4. The summed E-state index contributed by atoms with van der Waals surface area (Å²) in [4.78, 5) is 4.25. The number of nitrogens with zero attached hydrogens (tertiary/aromatic N) is 1. The van der Waals surface area contributed by atoms with Gasteiger partial charge in [-0.05, 0) is 37.5 Å². The second-order valence-corrected chi connectivity index (χ2v) is 5.31. The van der Waals surface area contributed by atoms with E-state index in [2.05, 4.69) is 30.3 Å². The molecule has 110 valence electrons. The van der Waals surface area contributed by atoms with Crippen molar-refractivity contribution in [2.75, 3.05) is 6.79 Å². The van der Waals surface area contributed by atoms with Crippen LogP contribution in [-0.4, -0.2) is 11.8 Å². The Morgan fingerprint density at radius 3 is 2.45 bits per heavy atom. The minimum absolute atomic E-state index is 0. The van der Waals surface area contributed by atoms with Crippen LogP contribution in [0.25, 0.3) is 0 Å². The molecule has 0 bridgehead atoms. The van der Waals surface area contributed by atoms with Crippen molar-refractivity contribution in [1.29, 1.82) is 0 Å². The zero-order chi connectivity index (χ0) is 13.7. The van der Waals surface area contributed by atoms with E-state index < -0.39 is 0 Å². The van der Waals surface area contributed by atoms with Gasteiger partial charge >= 0.3 is 0 Å². The summed E-state index contributed by atoms with van der Waals surface area (Å²) in [6.07, 6.45) is 2.10. The van der Waals surface area contributed by atoms with Gasteiger partial charge in [-0.1, -0.05) is 27.3 Å². The molecule has 0 fully saturated rings. The molecule has 0 aliphatic carbocycles. The highest BCUT2D eigenvalue weighted by atomic mass is 32.1. The molecule has 0 unspecified atom stereocenters. The first-order chi connectivity index (χ1) is 9.22. The van der Waals surface area contributed by atoms with Gasteiger partial charge < -0.3 is 9.47 Å². The first-order valence-electron chi connectivity index (χ1n) is 6.52. The highest BCUT2D eigenvalue weighted by Gasteiger charge is 2.11. The molecule has 20 heavy (non-hydrogen) atoms. The lowest BCUT2D eigenvalue weighted by atomic mass is 10.1. The van der Waals surface area contributed by atoms with Gasteiger partial charge in [-0.15, -0.1) is 11.3 Å². The highest BCUT2D eigenvalue weighted by molar-refractivity contribution is 7.09. The second-order valence-electron chi connectivity index (χ2n) is 4.25. The molecule has 1 aliphatic rings. The Hall–Kier alpha value is -1.55. The van der Waals surface area contributed by atoms with E-state index in [1.807, 2.05) is 19.1 Å². The average molecular weight is 293 g/mol. The maximum absolute atomic E-state index is 5.22. The number of benzene rings is 1. The minimum atomic E-state index is 0. The van der Waals surface area contributed by atoms with Gasteiger partial charge in [0, 0.05) is 5.38 Å². The Balaban J connectivity index is 0.000000200. The molecule has 1 aromatic heterocycles. The number of rotatable bonds is 2. The summed E-state index contributed by atoms with van der Waals surface area (Å²) in [5.74, 6) is 1.74. The first-order valence-corrected chi connectivity index (χ1v) is 7.40. The molecular formula is C16H23NO2S. The molecule has 0 spiro atoms. The fourth-order valence-electron chi connectivity index (χ4n) is 1.73. The van der Waals surface area contributed by atoms with Gasteiger partial charge in [-0.25, -0.2) is 4.98 Å². The van der Waals surface area contributed by atoms with E-state index in [4.69, 9.17) is 9.47 Å². The van der Waals surface area contributed by atoms with Crippen LogP contribution in [0.15, 0.2) is 23.6 Å². The van der Waals surface area contributed by atoms with Gasteiger partial charge in [-0.3, -0.25) is 0 Å². The van der Waals surface area contributed by atoms with Crippen molar-refractivity contribution in [3.8, 4) is 11.5 Å². The van der Waals surface area contributed by atoms with E-state index in [1.54, 1.807) is 11.3 Å². The third kappa shape index (κ3) is 4.23. The molecule has 0 N–H and O–H groups in total. The maximum atomic E-state index is 5.22. The van der Waals surface area contributed by atoms with Crippen LogP contribution in [0.1, 0.15) is 37.5 Å². The minimum Gasteiger partial charge on any atom is -0.454 e. The smallest absolute Gasteiger partial charge is 0.231 e. The third-order valence-corrected chi connectivity index (χ3v) is 3.70. The van der Waals surface area contributed by atoms with Gasteiger partial charge in [0.25, 0.3) is 0 Å². The lowest BCUT2D eigenvalue weighted by molar-refractivity contribution is 0.174. The van der Waals surface area contributed by atoms with E-state index in [0.29, 0.717) is 6.79 Å². The predicted molar refractivity (Wildman–Crippen MR) is 84.9 cm³/mol. The lowest BCUT2D eigenvalue weighted by Gasteiger charge is -1.97. The van der Waals surface area contributed by atoms with E-state index >= 15 is 0 Å². The van der Waals surface area contributed by atoms with Crippen LogP contribution < -0.4 is 9.47 Å². The highest BCUT2D eigenvalue weighted by Crippen LogP contribution is 2.32. The van der Waals surface area contributed by atoms with Gasteiger partial charge in [-0.2, -0.15) is 0 Å². The summed E-state index contributed by atoms with van der Waals surface area (Å²) in [7, 11) is 0. The van der Waals surface area contributed by atoms with Crippen molar-refractivity contribution in [2.45, 2.75) is 41.0 Å². The molecule has 0 radical (unpaired) electrons. The first kappa shape index (κ1) is 16.5. The summed E-state index contributed by atoms with van der Waals surface area (Å²) in [5.41, 5.74) is 2.50. The topological polar surface area (TPSA) is 31.4 Å². The number of aryl methyl sites for hydroxylation is 3. The third-order valence-electron chi connectivity index (χ3n) is 2.87. The number of hydrogen-bond donors (Lipinski definition) is 0. The summed E-state index contributed by atoms with van der Waals surface area (Å²) >= 11 is 1.72. The molecule has 3 rings (SSSR count). The van der Waals surface area contributed by atoms with Crippen LogP contribution in [-0.2, 0) is 12.8 Å². The van der Waals surface area contributed by atoms with Gasteiger partial charge in [0.05, 0.1) is 10.7 Å². The number of ether oxygens (including phenoxy) is 2. The molecule has 0 saturated carbocycles.